The van der Waals surface area contributed by atoms with Crippen LogP contribution in [0.1, 0.15) is 5.56 Å². The SMILES string of the molecule is c1ccc(CNCCOc2cccnc2)cc1. The van der Waals surface area contributed by atoms with E-state index < -0.39 is 0 Å². The Hall–Kier alpha value is -1.87. The number of nitrogens with one attached hydrogen (secondary N) is 1. The molecular formula is C14H16N2O. The largest absolute Gasteiger partial charge is 0.491 e. The van der Waals surface area contributed by atoms with Crippen LogP contribution in [0.3, 0.4) is 0 Å². The summed E-state index contributed by atoms with van der Waals surface area (Å²) in [5.41, 5.74) is 1.29. The van der Waals surface area contributed by atoms with Crippen LogP contribution < -0.4 is 10.1 Å². The summed E-state index contributed by atoms with van der Waals surface area (Å²) in [6.45, 7) is 2.35. The maximum Gasteiger partial charge on any atom is 0.137 e. The van der Waals surface area contributed by atoms with Crippen molar-refractivity contribution in [2.75, 3.05) is 13.2 Å². The molecule has 0 unspecified atom stereocenters. The second kappa shape index (κ2) is 6.66. The number of ether oxygens (including phenoxy) is 1. The van der Waals surface area contributed by atoms with Crippen LogP contribution in [0.25, 0.3) is 0 Å². The van der Waals surface area contributed by atoms with Gasteiger partial charge in [0.05, 0.1) is 6.20 Å². The van der Waals surface area contributed by atoms with Gasteiger partial charge in [-0.3, -0.25) is 4.98 Å². The minimum atomic E-state index is 0.651. The fourth-order valence-electron chi connectivity index (χ4n) is 1.50. The summed E-state index contributed by atoms with van der Waals surface area (Å²) >= 11 is 0. The van der Waals surface area contributed by atoms with Crippen LogP contribution in [0.15, 0.2) is 54.9 Å². The molecule has 1 N–H and O–H groups in total. The number of rotatable bonds is 6. The van der Waals surface area contributed by atoms with Gasteiger partial charge in [-0.1, -0.05) is 30.3 Å². The van der Waals surface area contributed by atoms with Gasteiger partial charge in [-0.2, -0.15) is 0 Å². The molecule has 0 aliphatic carbocycles. The van der Waals surface area contributed by atoms with Gasteiger partial charge >= 0.3 is 0 Å². The first-order valence-electron chi connectivity index (χ1n) is 5.72. The molecule has 3 heteroatoms. The number of benzene rings is 1. The molecule has 88 valence electrons. The summed E-state index contributed by atoms with van der Waals surface area (Å²) in [7, 11) is 0. The molecule has 0 amide bonds. The Labute approximate surface area is 101 Å². The van der Waals surface area contributed by atoms with E-state index in [1.54, 1.807) is 12.4 Å². The lowest BCUT2D eigenvalue weighted by atomic mass is 10.2. The number of hydrogen-bond donors (Lipinski definition) is 1. The standard InChI is InChI=1S/C14H16N2O/c1-2-5-13(6-3-1)11-16-9-10-17-14-7-4-8-15-12-14/h1-8,12,16H,9-11H2. The van der Waals surface area contributed by atoms with E-state index in [1.807, 2.05) is 30.3 Å². The van der Waals surface area contributed by atoms with E-state index >= 15 is 0 Å². The monoisotopic (exact) mass is 228 g/mol. The molecule has 0 aliphatic rings. The first-order chi connectivity index (χ1) is 8.45. The Bertz CT molecular complexity index is 375. The smallest absolute Gasteiger partial charge is 0.137 e. The van der Waals surface area contributed by atoms with E-state index in [0.717, 1.165) is 18.8 Å². The van der Waals surface area contributed by atoms with Crippen molar-refractivity contribution in [3.05, 3.63) is 60.4 Å². The fourth-order valence-corrected chi connectivity index (χ4v) is 1.50. The molecule has 2 rings (SSSR count). The zero-order valence-electron chi connectivity index (χ0n) is 9.67. The minimum Gasteiger partial charge on any atom is -0.491 e. The third kappa shape index (κ3) is 4.25. The van der Waals surface area contributed by atoms with Crippen LogP contribution >= 0.6 is 0 Å². The summed E-state index contributed by atoms with van der Waals surface area (Å²) in [6, 6.07) is 14.1. The predicted octanol–water partition coefficient (Wildman–Crippen LogP) is 2.25. The summed E-state index contributed by atoms with van der Waals surface area (Å²) in [6.07, 6.45) is 3.46. The van der Waals surface area contributed by atoms with Crippen LogP contribution in [0, 0.1) is 0 Å². The van der Waals surface area contributed by atoms with E-state index in [1.165, 1.54) is 5.56 Å². The molecule has 0 bridgehead atoms. The molecule has 3 nitrogen and oxygen atoms in total. The van der Waals surface area contributed by atoms with Crippen molar-refractivity contribution < 1.29 is 4.74 Å². The third-order valence-electron chi connectivity index (χ3n) is 2.35. The lowest BCUT2D eigenvalue weighted by Crippen LogP contribution is -2.20. The van der Waals surface area contributed by atoms with Crippen molar-refractivity contribution >= 4 is 0 Å². The predicted molar refractivity (Wildman–Crippen MR) is 67.9 cm³/mol. The maximum atomic E-state index is 5.52. The van der Waals surface area contributed by atoms with E-state index in [0.29, 0.717) is 6.61 Å². The quantitative estimate of drug-likeness (QED) is 0.770. The summed E-state index contributed by atoms with van der Waals surface area (Å²) < 4.78 is 5.52. The van der Waals surface area contributed by atoms with Gasteiger partial charge in [-0.25, -0.2) is 0 Å². The van der Waals surface area contributed by atoms with Crippen LogP contribution in [-0.2, 0) is 6.54 Å². The van der Waals surface area contributed by atoms with Crippen molar-refractivity contribution in [3.63, 3.8) is 0 Å². The maximum absolute atomic E-state index is 5.52. The Morgan fingerprint density at radius 2 is 1.94 bits per heavy atom. The van der Waals surface area contributed by atoms with Gasteiger partial charge in [0.15, 0.2) is 0 Å². The average Bonchev–Trinajstić information content (AvgIpc) is 2.41. The Morgan fingerprint density at radius 3 is 2.71 bits per heavy atom. The molecule has 17 heavy (non-hydrogen) atoms. The summed E-state index contributed by atoms with van der Waals surface area (Å²) in [5.74, 6) is 0.814. The van der Waals surface area contributed by atoms with E-state index in [2.05, 4.69) is 22.4 Å². The number of aromatic nitrogens is 1. The van der Waals surface area contributed by atoms with Gasteiger partial charge in [-0.05, 0) is 17.7 Å². The molecule has 0 aliphatic heterocycles. The van der Waals surface area contributed by atoms with Gasteiger partial charge in [0.1, 0.15) is 12.4 Å². The van der Waals surface area contributed by atoms with Crippen LogP contribution in [0.4, 0.5) is 0 Å². The van der Waals surface area contributed by atoms with E-state index in [9.17, 15) is 0 Å². The van der Waals surface area contributed by atoms with Crippen molar-refractivity contribution in [2.24, 2.45) is 0 Å². The molecule has 2 aromatic rings. The minimum absolute atomic E-state index is 0.651. The fraction of sp³-hybridized carbons (Fsp3) is 0.214. The summed E-state index contributed by atoms with van der Waals surface area (Å²) in [4.78, 5) is 3.99. The van der Waals surface area contributed by atoms with E-state index in [-0.39, 0.29) is 0 Å². The molecule has 0 atom stereocenters. The molecule has 1 heterocycles. The van der Waals surface area contributed by atoms with Crippen molar-refractivity contribution in [2.45, 2.75) is 6.54 Å². The molecule has 0 saturated carbocycles. The molecule has 1 aromatic heterocycles. The zero-order chi connectivity index (χ0) is 11.8. The molecule has 0 fully saturated rings. The van der Waals surface area contributed by atoms with Crippen LogP contribution in [0.2, 0.25) is 0 Å². The van der Waals surface area contributed by atoms with Crippen molar-refractivity contribution in [3.8, 4) is 5.75 Å². The van der Waals surface area contributed by atoms with E-state index in [4.69, 9.17) is 4.74 Å². The van der Waals surface area contributed by atoms with Crippen LogP contribution in [0.5, 0.6) is 5.75 Å². The van der Waals surface area contributed by atoms with Crippen molar-refractivity contribution in [1.29, 1.82) is 0 Å². The highest BCUT2D eigenvalue weighted by atomic mass is 16.5. The first kappa shape index (κ1) is 11.6. The van der Waals surface area contributed by atoms with Gasteiger partial charge in [0.2, 0.25) is 0 Å². The van der Waals surface area contributed by atoms with Gasteiger partial charge in [0, 0.05) is 19.3 Å². The van der Waals surface area contributed by atoms with Crippen molar-refractivity contribution in [1.82, 2.24) is 10.3 Å². The molecule has 0 spiro atoms. The highest BCUT2D eigenvalue weighted by Gasteiger charge is 1.93. The average molecular weight is 228 g/mol. The third-order valence-corrected chi connectivity index (χ3v) is 2.35. The Morgan fingerprint density at radius 1 is 1.06 bits per heavy atom. The zero-order valence-corrected chi connectivity index (χ0v) is 9.67. The highest BCUT2D eigenvalue weighted by molar-refractivity contribution is 5.15. The normalized spacial score (nSPS) is 10.1. The molecule has 1 aromatic carbocycles. The lowest BCUT2D eigenvalue weighted by molar-refractivity contribution is 0.312. The Balaban J connectivity index is 1.61. The van der Waals surface area contributed by atoms with Crippen LogP contribution in [-0.4, -0.2) is 18.1 Å². The topological polar surface area (TPSA) is 34.1 Å². The number of pyridine rings is 1. The second-order valence-corrected chi connectivity index (χ2v) is 3.70. The number of nitrogens with zero attached hydrogens (tertiary/aromatic N) is 1. The highest BCUT2D eigenvalue weighted by Crippen LogP contribution is 2.05. The molecular weight excluding hydrogens is 212 g/mol. The Kier molecular flexibility index (Phi) is 4.55. The first-order valence-corrected chi connectivity index (χ1v) is 5.72. The van der Waals surface area contributed by atoms with Gasteiger partial charge in [-0.15, -0.1) is 0 Å². The van der Waals surface area contributed by atoms with Gasteiger partial charge < -0.3 is 10.1 Å². The summed E-state index contributed by atoms with van der Waals surface area (Å²) in [5, 5.41) is 3.33. The molecule has 0 radical (unpaired) electrons. The van der Waals surface area contributed by atoms with Gasteiger partial charge in [0.25, 0.3) is 0 Å². The second-order valence-electron chi connectivity index (χ2n) is 3.70. The molecule has 0 saturated heterocycles. The number of hydrogen-bond acceptors (Lipinski definition) is 3. The lowest BCUT2D eigenvalue weighted by Gasteiger charge is -2.07.